The topological polar surface area (TPSA) is 67.9 Å². The number of hydrogen-bond acceptors (Lipinski definition) is 4. The molecule has 0 spiro atoms. The van der Waals surface area contributed by atoms with Crippen molar-refractivity contribution in [3.8, 4) is 11.5 Å². The summed E-state index contributed by atoms with van der Waals surface area (Å²) in [6.07, 6.45) is 2.65. The highest BCUT2D eigenvalue weighted by atomic mass is 16.6. The number of nitrogens with zero attached hydrogens (tertiary/aromatic N) is 1. The zero-order chi connectivity index (χ0) is 17.5. The summed E-state index contributed by atoms with van der Waals surface area (Å²) in [5.74, 6) is 0.928. The van der Waals surface area contributed by atoms with E-state index in [2.05, 4.69) is 5.32 Å². The van der Waals surface area contributed by atoms with E-state index >= 15 is 0 Å². The van der Waals surface area contributed by atoms with Crippen LogP contribution in [0.4, 0.5) is 5.69 Å². The molecule has 0 unspecified atom stereocenters. The molecule has 2 amide bonds. The Morgan fingerprint density at radius 1 is 1.21 bits per heavy atom. The van der Waals surface area contributed by atoms with Gasteiger partial charge in [-0.15, -0.1) is 0 Å². The highest BCUT2D eigenvalue weighted by Crippen LogP contribution is 2.32. The summed E-state index contributed by atoms with van der Waals surface area (Å²) >= 11 is 0. The Bertz CT molecular complexity index is 640. The van der Waals surface area contributed by atoms with Crippen LogP contribution in [0.2, 0.25) is 0 Å². The smallest absolute Gasteiger partial charge is 0.249 e. The summed E-state index contributed by atoms with van der Waals surface area (Å²) in [5, 5.41) is 2.79. The first-order chi connectivity index (χ1) is 11.5. The molecule has 6 heteroatoms. The van der Waals surface area contributed by atoms with E-state index in [-0.39, 0.29) is 18.4 Å². The lowest BCUT2D eigenvalue weighted by Crippen LogP contribution is -2.38. The Morgan fingerprint density at radius 2 is 1.92 bits per heavy atom. The van der Waals surface area contributed by atoms with Crippen LogP contribution in [-0.2, 0) is 9.59 Å². The van der Waals surface area contributed by atoms with Crippen molar-refractivity contribution in [3.63, 3.8) is 0 Å². The molecule has 0 saturated heterocycles. The molecule has 0 aliphatic carbocycles. The number of carbonyl (C=O) groups is 2. The van der Waals surface area contributed by atoms with Crippen molar-refractivity contribution in [1.29, 1.82) is 0 Å². The number of rotatable bonds is 6. The average Bonchev–Trinajstić information content (AvgIpc) is 2.59. The molecule has 1 aliphatic heterocycles. The molecule has 1 heterocycles. The number of carbonyl (C=O) groups excluding carboxylic acids is 2. The van der Waals surface area contributed by atoms with Gasteiger partial charge in [0.1, 0.15) is 19.8 Å². The molecule has 0 fully saturated rings. The van der Waals surface area contributed by atoms with Crippen LogP contribution in [0, 0.1) is 0 Å². The van der Waals surface area contributed by atoms with Gasteiger partial charge in [0.2, 0.25) is 11.8 Å². The van der Waals surface area contributed by atoms with Gasteiger partial charge in [-0.1, -0.05) is 13.0 Å². The zero-order valence-corrected chi connectivity index (χ0v) is 14.4. The molecule has 0 saturated carbocycles. The maximum absolute atomic E-state index is 12.3. The minimum Gasteiger partial charge on any atom is -0.486 e. The Morgan fingerprint density at radius 3 is 2.58 bits per heavy atom. The first kappa shape index (κ1) is 17.8. The number of hydrogen-bond donors (Lipinski definition) is 1. The van der Waals surface area contributed by atoms with Gasteiger partial charge in [-0.2, -0.15) is 0 Å². The standard InChI is InChI=1S/C18H24N2O4/c1-4-6-13(3)18(22)20(5-2)12-17(21)19-14-7-8-15-16(11-14)24-10-9-23-15/h6-8,11H,4-5,9-10,12H2,1-3H3,(H,19,21). The molecular weight excluding hydrogens is 308 g/mol. The highest BCUT2D eigenvalue weighted by molar-refractivity contribution is 5.98. The summed E-state index contributed by atoms with van der Waals surface area (Å²) in [6.45, 7) is 7.10. The van der Waals surface area contributed by atoms with Gasteiger partial charge in [-0.05, 0) is 32.4 Å². The maximum Gasteiger partial charge on any atom is 0.249 e. The molecule has 130 valence electrons. The second kappa shape index (κ2) is 8.38. The number of nitrogens with one attached hydrogen (secondary N) is 1. The van der Waals surface area contributed by atoms with Crippen LogP contribution in [0.15, 0.2) is 29.8 Å². The van der Waals surface area contributed by atoms with Crippen molar-refractivity contribution >= 4 is 17.5 Å². The molecule has 1 aromatic carbocycles. The van der Waals surface area contributed by atoms with Crippen LogP contribution >= 0.6 is 0 Å². The number of anilines is 1. The predicted octanol–water partition coefficient (Wildman–Crippen LogP) is 2.60. The van der Waals surface area contributed by atoms with Crippen molar-refractivity contribution in [3.05, 3.63) is 29.8 Å². The van der Waals surface area contributed by atoms with Gasteiger partial charge in [0.05, 0.1) is 0 Å². The van der Waals surface area contributed by atoms with Gasteiger partial charge in [-0.3, -0.25) is 9.59 Å². The molecule has 1 aliphatic rings. The first-order valence-electron chi connectivity index (χ1n) is 8.20. The van der Waals surface area contributed by atoms with Crippen LogP contribution in [0.25, 0.3) is 0 Å². The zero-order valence-electron chi connectivity index (χ0n) is 14.4. The summed E-state index contributed by atoms with van der Waals surface area (Å²) in [6, 6.07) is 5.25. The Hall–Kier alpha value is -2.50. The highest BCUT2D eigenvalue weighted by Gasteiger charge is 2.18. The second-order valence-electron chi connectivity index (χ2n) is 5.52. The van der Waals surface area contributed by atoms with E-state index in [1.165, 1.54) is 4.90 Å². The number of benzene rings is 1. The third kappa shape index (κ3) is 4.50. The maximum atomic E-state index is 12.3. The van der Waals surface area contributed by atoms with E-state index in [4.69, 9.17) is 9.47 Å². The van der Waals surface area contributed by atoms with Crippen LogP contribution in [0.5, 0.6) is 11.5 Å². The van der Waals surface area contributed by atoms with Gasteiger partial charge >= 0.3 is 0 Å². The van der Waals surface area contributed by atoms with Crippen LogP contribution in [-0.4, -0.2) is 43.0 Å². The number of fused-ring (bicyclic) bond motifs is 1. The fraction of sp³-hybridized carbons (Fsp3) is 0.444. The SMILES string of the molecule is CCC=C(C)C(=O)N(CC)CC(=O)Nc1ccc2c(c1)OCCO2. The lowest BCUT2D eigenvalue weighted by Gasteiger charge is -2.21. The quantitative estimate of drug-likeness (QED) is 0.813. The molecule has 24 heavy (non-hydrogen) atoms. The van der Waals surface area contributed by atoms with E-state index in [0.717, 1.165) is 6.42 Å². The number of allylic oxidation sites excluding steroid dienone is 1. The summed E-state index contributed by atoms with van der Waals surface area (Å²) < 4.78 is 10.9. The van der Waals surface area contributed by atoms with Crippen LogP contribution in [0.1, 0.15) is 27.2 Å². The summed E-state index contributed by atoms with van der Waals surface area (Å²) in [7, 11) is 0. The number of likely N-dealkylation sites (N-methyl/N-ethyl adjacent to an activating group) is 1. The largest absolute Gasteiger partial charge is 0.486 e. The molecular formula is C18H24N2O4. The van der Waals surface area contributed by atoms with E-state index in [1.807, 2.05) is 19.9 Å². The monoisotopic (exact) mass is 332 g/mol. The fourth-order valence-electron chi connectivity index (χ4n) is 2.47. The van der Waals surface area contributed by atoms with Crippen LogP contribution < -0.4 is 14.8 Å². The van der Waals surface area contributed by atoms with Gasteiger partial charge in [-0.25, -0.2) is 0 Å². The molecule has 0 atom stereocenters. The average molecular weight is 332 g/mol. The third-order valence-corrected chi connectivity index (χ3v) is 3.68. The molecule has 1 N–H and O–H groups in total. The van der Waals surface area contributed by atoms with Gasteiger partial charge in [0.25, 0.3) is 0 Å². The second-order valence-corrected chi connectivity index (χ2v) is 5.52. The Labute approximate surface area is 142 Å². The van der Waals surface area contributed by atoms with Crippen molar-refractivity contribution in [1.82, 2.24) is 4.90 Å². The van der Waals surface area contributed by atoms with Crippen molar-refractivity contribution < 1.29 is 19.1 Å². The van der Waals surface area contributed by atoms with Crippen LogP contribution in [0.3, 0.4) is 0 Å². The third-order valence-electron chi connectivity index (χ3n) is 3.68. The molecule has 0 bridgehead atoms. The first-order valence-corrected chi connectivity index (χ1v) is 8.20. The minimum absolute atomic E-state index is 0.0126. The lowest BCUT2D eigenvalue weighted by molar-refractivity contribution is -0.131. The van der Waals surface area contributed by atoms with Crippen molar-refractivity contribution in [2.24, 2.45) is 0 Å². The Kier molecular flexibility index (Phi) is 6.23. The fourth-order valence-corrected chi connectivity index (χ4v) is 2.47. The van der Waals surface area contributed by atoms with Crippen molar-refractivity contribution in [2.45, 2.75) is 27.2 Å². The normalized spacial score (nSPS) is 13.4. The van der Waals surface area contributed by atoms with E-state index in [1.54, 1.807) is 25.1 Å². The van der Waals surface area contributed by atoms with Gasteiger partial charge in [0, 0.05) is 23.9 Å². The Balaban J connectivity index is 1.99. The predicted molar refractivity (Wildman–Crippen MR) is 92.4 cm³/mol. The minimum atomic E-state index is -0.244. The number of ether oxygens (including phenoxy) is 2. The molecule has 6 nitrogen and oxygen atoms in total. The van der Waals surface area contributed by atoms with Gasteiger partial charge in [0.15, 0.2) is 11.5 Å². The van der Waals surface area contributed by atoms with Gasteiger partial charge < -0.3 is 19.7 Å². The van der Waals surface area contributed by atoms with E-state index in [9.17, 15) is 9.59 Å². The number of amides is 2. The molecule has 0 radical (unpaired) electrons. The van der Waals surface area contributed by atoms with E-state index in [0.29, 0.717) is 42.5 Å². The molecule has 1 aromatic rings. The summed E-state index contributed by atoms with van der Waals surface area (Å²) in [4.78, 5) is 26.0. The van der Waals surface area contributed by atoms with E-state index < -0.39 is 0 Å². The lowest BCUT2D eigenvalue weighted by atomic mass is 10.2. The summed E-state index contributed by atoms with van der Waals surface area (Å²) in [5.41, 5.74) is 1.28. The molecule has 0 aromatic heterocycles. The van der Waals surface area contributed by atoms with Crippen molar-refractivity contribution in [2.75, 3.05) is 31.6 Å². The molecule has 2 rings (SSSR count).